The number of hydrogen-bond donors (Lipinski definition) is 1. The summed E-state index contributed by atoms with van der Waals surface area (Å²) >= 11 is 0. The molecule has 1 N–H and O–H groups in total. The minimum Gasteiger partial charge on any atom is -0.481 e. The maximum absolute atomic E-state index is 12.9. The maximum Gasteiger partial charge on any atom is 0.307 e. The van der Waals surface area contributed by atoms with E-state index < -0.39 is 11.9 Å². The lowest BCUT2D eigenvalue weighted by Crippen LogP contribution is -2.49. The number of nitrogens with zero attached hydrogens (tertiary/aromatic N) is 2. The van der Waals surface area contributed by atoms with Crippen molar-refractivity contribution in [2.45, 2.75) is 6.42 Å². The van der Waals surface area contributed by atoms with Crippen LogP contribution in [-0.2, 0) is 9.59 Å². The van der Waals surface area contributed by atoms with Crippen LogP contribution in [0.2, 0.25) is 0 Å². The number of carboxylic acids is 1. The van der Waals surface area contributed by atoms with Crippen LogP contribution in [0.25, 0.3) is 0 Å². The van der Waals surface area contributed by atoms with E-state index in [1.807, 2.05) is 0 Å². The minimum absolute atomic E-state index is 0.0406. The summed E-state index contributed by atoms with van der Waals surface area (Å²) in [5.41, 5.74) is 0.943. The summed E-state index contributed by atoms with van der Waals surface area (Å²) in [5, 5.41) is 8.87. The number of carboxylic acid groups (broad SMARTS) is 1. The molecule has 0 aromatic heterocycles. The molecule has 1 aliphatic heterocycles. The molecule has 1 aliphatic carbocycles. The Labute approximate surface area is 122 Å². The highest BCUT2D eigenvalue weighted by molar-refractivity contribution is 5.89. The molecule has 1 heterocycles. The van der Waals surface area contributed by atoms with Crippen LogP contribution < -0.4 is 4.90 Å². The molecule has 1 amide bonds. The van der Waals surface area contributed by atoms with Gasteiger partial charge in [0, 0.05) is 31.9 Å². The molecule has 112 valence electrons. The standard InChI is InChI=1S/C15H17FN2O3/c16-10-1-3-11(4-2-10)17-5-7-18(8-6-17)14(19)12-9-13(12)15(20)21/h1-4,12-13H,5-9H2,(H,20,21). The van der Waals surface area contributed by atoms with E-state index in [2.05, 4.69) is 4.90 Å². The molecule has 5 nitrogen and oxygen atoms in total. The fourth-order valence-electron chi connectivity index (χ4n) is 2.81. The molecule has 0 radical (unpaired) electrons. The van der Waals surface area contributed by atoms with Crippen LogP contribution in [0.4, 0.5) is 10.1 Å². The second kappa shape index (κ2) is 5.35. The van der Waals surface area contributed by atoms with E-state index in [-0.39, 0.29) is 17.6 Å². The maximum atomic E-state index is 12.9. The van der Waals surface area contributed by atoms with Crippen LogP contribution in [0.15, 0.2) is 24.3 Å². The highest BCUT2D eigenvalue weighted by Gasteiger charge is 2.49. The molecule has 1 saturated carbocycles. The average Bonchev–Trinajstić information content (AvgIpc) is 3.28. The van der Waals surface area contributed by atoms with Gasteiger partial charge in [0.2, 0.25) is 5.91 Å². The van der Waals surface area contributed by atoms with Crippen LogP contribution >= 0.6 is 0 Å². The summed E-state index contributed by atoms with van der Waals surface area (Å²) < 4.78 is 12.9. The van der Waals surface area contributed by atoms with Crippen LogP contribution in [0.3, 0.4) is 0 Å². The number of carbonyl (C=O) groups is 2. The molecular weight excluding hydrogens is 275 g/mol. The fourth-order valence-corrected chi connectivity index (χ4v) is 2.81. The van der Waals surface area contributed by atoms with Crippen molar-refractivity contribution in [3.8, 4) is 0 Å². The van der Waals surface area contributed by atoms with Gasteiger partial charge in [0.1, 0.15) is 5.82 Å². The van der Waals surface area contributed by atoms with Crippen molar-refractivity contribution in [3.63, 3.8) is 0 Å². The van der Waals surface area contributed by atoms with Crippen molar-refractivity contribution in [3.05, 3.63) is 30.1 Å². The van der Waals surface area contributed by atoms with Crippen LogP contribution in [-0.4, -0.2) is 48.1 Å². The summed E-state index contributed by atoms with van der Waals surface area (Å²) in [6.45, 7) is 2.53. The first kappa shape index (κ1) is 13.9. The van der Waals surface area contributed by atoms with E-state index in [1.54, 1.807) is 17.0 Å². The second-order valence-corrected chi connectivity index (χ2v) is 5.58. The van der Waals surface area contributed by atoms with Gasteiger partial charge >= 0.3 is 5.97 Å². The lowest BCUT2D eigenvalue weighted by molar-refractivity contribution is -0.142. The zero-order chi connectivity index (χ0) is 15.0. The smallest absolute Gasteiger partial charge is 0.307 e. The van der Waals surface area contributed by atoms with Crippen molar-refractivity contribution in [1.29, 1.82) is 0 Å². The summed E-state index contributed by atoms with van der Waals surface area (Å²) in [6.07, 6.45) is 0.465. The number of aliphatic carboxylic acids is 1. The van der Waals surface area contributed by atoms with Crippen molar-refractivity contribution in [2.75, 3.05) is 31.1 Å². The first-order valence-electron chi connectivity index (χ1n) is 7.08. The molecule has 2 atom stereocenters. The monoisotopic (exact) mass is 292 g/mol. The van der Waals surface area contributed by atoms with Gasteiger partial charge < -0.3 is 14.9 Å². The number of benzene rings is 1. The van der Waals surface area contributed by atoms with Gasteiger partial charge in [-0.15, -0.1) is 0 Å². The summed E-state index contributed by atoms with van der Waals surface area (Å²) in [5.74, 6) is -2.01. The van der Waals surface area contributed by atoms with E-state index in [0.29, 0.717) is 32.6 Å². The summed E-state index contributed by atoms with van der Waals surface area (Å²) in [7, 11) is 0. The van der Waals surface area contributed by atoms with E-state index >= 15 is 0 Å². The van der Waals surface area contributed by atoms with Gasteiger partial charge in [0.15, 0.2) is 0 Å². The van der Waals surface area contributed by atoms with Crippen molar-refractivity contribution >= 4 is 17.6 Å². The van der Waals surface area contributed by atoms with Crippen LogP contribution in [0.5, 0.6) is 0 Å². The third-order valence-corrected chi connectivity index (χ3v) is 4.21. The number of anilines is 1. The molecule has 0 bridgehead atoms. The van der Waals surface area contributed by atoms with E-state index in [1.165, 1.54) is 12.1 Å². The van der Waals surface area contributed by atoms with Crippen molar-refractivity contribution in [1.82, 2.24) is 4.90 Å². The van der Waals surface area contributed by atoms with Crippen molar-refractivity contribution in [2.24, 2.45) is 11.8 Å². The molecule has 3 rings (SSSR count). The number of carbonyl (C=O) groups excluding carboxylic acids is 1. The lowest BCUT2D eigenvalue weighted by atomic mass is 10.2. The zero-order valence-electron chi connectivity index (χ0n) is 11.5. The SMILES string of the molecule is O=C(O)C1CC1C(=O)N1CCN(c2ccc(F)cc2)CC1. The normalized spacial score (nSPS) is 24.8. The Balaban J connectivity index is 1.54. The lowest BCUT2D eigenvalue weighted by Gasteiger charge is -2.36. The Bertz CT molecular complexity index is 553. The largest absolute Gasteiger partial charge is 0.481 e. The van der Waals surface area contributed by atoms with E-state index in [9.17, 15) is 14.0 Å². The fraction of sp³-hybridized carbons (Fsp3) is 0.467. The Kier molecular flexibility index (Phi) is 3.53. The van der Waals surface area contributed by atoms with Gasteiger partial charge in [-0.2, -0.15) is 0 Å². The van der Waals surface area contributed by atoms with E-state index in [0.717, 1.165) is 5.69 Å². The molecule has 0 spiro atoms. The molecule has 2 aliphatic rings. The number of amides is 1. The van der Waals surface area contributed by atoms with Gasteiger partial charge in [-0.3, -0.25) is 9.59 Å². The molecule has 1 aromatic carbocycles. The highest BCUT2D eigenvalue weighted by Crippen LogP contribution is 2.40. The average molecular weight is 292 g/mol. The second-order valence-electron chi connectivity index (χ2n) is 5.58. The Morgan fingerprint density at radius 3 is 2.19 bits per heavy atom. The Morgan fingerprint density at radius 1 is 1.05 bits per heavy atom. The molecule has 6 heteroatoms. The van der Waals surface area contributed by atoms with Crippen LogP contribution in [0, 0.1) is 17.7 Å². The molecular formula is C15H17FN2O3. The quantitative estimate of drug-likeness (QED) is 0.909. The summed E-state index contributed by atoms with van der Waals surface area (Å²) in [4.78, 5) is 26.8. The third kappa shape index (κ3) is 2.84. The summed E-state index contributed by atoms with van der Waals surface area (Å²) in [6, 6.07) is 6.31. The molecule has 1 aromatic rings. The van der Waals surface area contributed by atoms with Gasteiger partial charge in [-0.05, 0) is 30.7 Å². The van der Waals surface area contributed by atoms with Gasteiger partial charge in [0.25, 0.3) is 0 Å². The Morgan fingerprint density at radius 2 is 1.67 bits per heavy atom. The zero-order valence-corrected chi connectivity index (χ0v) is 11.5. The molecule has 1 saturated heterocycles. The van der Waals surface area contributed by atoms with Gasteiger partial charge in [0.05, 0.1) is 11.8 Å². The van der Waals surface area contributed by atoms with Gasteiger partial charge in [-0.25, -0.2) is 4.39 Å². The predicted molar refractivity (Wildman–Crippen MR) is 74.4 cm³/mol. The number of piperazine rings is 1. The highest BCUT2D eigenvalue weighted by atomic mass is 19.1. The topological polar surface area (TPSA) is 60.9 Å². The Hall–Kier alpha value is -2.11. The number of rotatable bonds is 3. The number of halogens is 1. The molecule has 21 heavy (non-hydrogen) atoms. The molecule has 2 fully saturated rings. The number of hydrogen-bond acceptors (Lipinski definition) is 3. The minimum atomic E-state index is -0.877. The first-order valence-corrected chi connectivity index (χ1v) is 7.08. The van der Waals surface area contributed by atoms with Crippen LogP contribution in [0.1, 0.15) is 6.42 Å². The predicted octanol–water partition coefficient (Wildman–Crippen LogP) is 1.20. The third-order valence-electron chi connectivity index (χ3n) is 4.21. The van der Waals surface area contributed by atoms with Crippen molar-refractivity contribution < 1.29 is 19.1 Å². The van der Waals surface area contributed by atoms with Gasteiger partial charge in [-0.1, -0.05) is 0 Å². The first-order chi connectivity index (χ1) is 10.1. The molecule has 2 unspecified atom stereocenters. The van der Waals surface area contributed by atoms with E-state index in [4.69, 9.17) is 5.11 Å².